The van der Waals surface area contributed by atoms with Gasteiger partial charge in [-0.05, 0) is 55.8 Å². The number of hydrogen-bond donors (Lipinski definition) is 0. The molecule has 0 bridgehead atoms. The van der Waals surface area contributed by atoms with Gasteiger partial charge in [0.15, 0.2) is 0 Å². The SMILES string of the molecule is CCCCCCC=CC1C(CCCCCC)C=CC(CC)C1CCCCCCCC. The fourth-order valence-corrected chi connectivity index (χ4v) is 5.49. The standard InChI is InChI=1S/C30H56/c1-5-9-12-15-17-20-23-29-27(8-4)25-26-28(22-19-14-11-7-3)30(29)24-21-18-16-13-10-6-2/h21,24-30H,5-20,22-23H2,1-4H3. The van der Waals surface area contributed by atoms with Crippen LogP contribution in [0.2, 0.25) is 0 Å². The molecule has 0 aromatic rings. The summed E-state index contributed by atoms with van der Waals surface area (Å²) in [5.41, 5.74) is 0. The third kappa shape index (κ3) is 11.8. The molecule has 0 amide bonds. The molecule has 176 valence electrons. The van der Waals surface area contributed by atoms with Gasteiger partial charge in [0, 0.05) is 0 Å². The van der Waals surface area contributed by atoms with Crippen LogP contribution in [0.25, 0.3) is 0 Å². The van der Waals surface area contributed by atoms with Gasteiger partial charge in [0.25, 0.3) is 0 Å². The minimum absolute atomic E-state index is 0.793. The Morgan fingerprint density at radius 3 is 1.77 bits per heavy atom. The van der Waals surface area contributed by atoms with Crippen LogP contribution in [-0.2, 0) is 0 Å². The van der Waals surface area contributed by atoms with Crippen molar-refractivity contribution in [3.8, 4) is 0 Å². The van der Waals surface area contributed by atoms with Crippen LogP contribution in [0.15, 0.2) is 24.3 Å². The number of rotatable bonds is 19. The van der Waals surface area contributed by atoms with E-state index in [0.717, 1.165) is 23.7 Å². The minimum atomic E-state index is 0.793. The third-order valence-corrected chi connectivity index (χ3v) is 7.48. The van der Waals surface area contributed by atoms with E-state index in [1.807, 2.05) is 0 Å². The van der Waals surface area contributed by atoms with Gasteiger partial charge in [-0.15, -0.1) is 0 Å². The van der Waals surface area contributed by atoms with Gasteiger partial charge in [0.1, 0.15) is 0 Å². The van der Waals surface area contributed by atoms with E-state index in [0.29, 0.717) is 0 Å². The zero-order valence-electron chi connectivity index (χ0n) is 21.3. The lowest BCUT2D eigenvalue weighted by atomic mass is 9.66. The molecule has 30 heavy (non-hydrogen) atoms. The summed E-state index contributed by atoms with van der Waals surface area (Å²) < 4.78 is 0. The molecule has 0 aromatic carbocycles. The molecule has 0 heterocycles. The Morgan fingerprint density at radius 1 is 0.567 bits per heavy atom. The first-order chi connectivity index (χ1) is 14.8. The van der Waals surface area contributed by atoms with Crippen molar-refractivity contribution in [1.29, 1.82) is 0 Å². The van der Waals surface area contributed by atoms with Crippen LogP contribution in [0.4, 0.5) is 0 Å². The fourth-order valence-electron chi connectivity index (χ4n) is 5.49. The Kier molecular flexibility index (Phi) is 17.6. The second-order valence-electron chi connectivity index (χ2n) is 10.0. The number of allylic oxidation sites excluding steroid dienone is 4. The van der Waals surface area contributed by atoms with Crippen LogP contribution in [0, 0.1) is 23.7 Å². The molecular formula is C30H56. The summed E-state index contributed by atoms with van der Waals surface area (Å²) in [7, 11) is 0. The van der Waals surface area contributed by atoms with Crippen LogP contribution in [-0.4, -0.2) is 0 Å². The maximum atomic E-state index is 2.68. The van der Waals surface area contributed by atoms with Gasteiger partial charge in [-0.1, -0.05) is 135 Å². The third-order valence-electron chi connectivity index (χ3n) is 7.48. The van der Waals surface area contributed by atoms with E-state index in [4.69, 9.17) is 0 Å². The molecule has 0 nitrogen and oxygen atoms in total. The summed E-state index contributed by atoms with van der Waals surface area (Å²) in [6, 6.07) is 0. The molecule has 0 heteroatoms. The quantitative estimate of drug-likeness (QED) is 0.145. The summed E-state index contributed by atoms with van der Waals surface area (Å²) in [5, 5.41) is 0. The Hall–Kier alpha value is -0.520. The Bertz CT molecular complexity index is 418. The first-order valence-corrected chi connectivity index (χ1v) is 14.1. The van der Waals surface area contributed by atoms with Crippen molar-refractivity contribution < 1.29 is 0 Å². The predicted molar refractivity (Wildman–Crippen MR) is 138 cm³/mol. The normalized spacial score (nSPS) is 24.1. The molecule has 0 spiro atoms. The molecule has 1 rings (SSSR count). The van der Waals surface area contributed by atoms with Gasteiger partial charge in [-0.25, -0.2) is 0 Å². The molecule has 0 fully saturated rings. The Balaban J connectivity index is 2.68. The smallest absolute Gasteiger partial charge is 0.0137 e. The maximum absolute atomic E-state index is 2.68. The van der Waals surface area contributed by atoms with Crippen LogP contribution < -0.4 is 0 Å². The molecule has 4 unspecified atom stereocenters. The molecule has 1 aliphatic carbocycles. The van der Waals surface area contributed by atoms with Gasteiger partial charge in [-0.2, -0.15) is 0 Å². The molecule has 0 aromatic heterocycles. The first kappa shape index (κ1) is 27.5. The summed E-state index contributed by atoms with van der Waals surface area (Å²) >= 11 is 0. The highest BCUT2D eigenvalue weighted by Gasteiger charge is 2.33. The Labute approximate surface area is 191 Å². The van der Waals surface area contributed by atoms with Crippen molar-refractivity contribution in [2.75, 3.05) is 0 Å². The van der Waals surface area contributed by atoms with Gasteiger partial charge < -0.3 is 0 Å². The lowest BCUT2D eigenvalue weighted by Crippen LogP contribution is -2.30. The van der Waals surface area contributed by atoms with Crippen molar-refractivity contribution in [2.45, 2.75) is 143 Å². The van der Waals surface area contributed by atoms with E-state index >= 15 is 0 Å². The van der Waals surface area contributed by atoms with Crippen LogP contribution in [0.5, 0.6) is 0 Å². The summed E-state index contributed by atoms with van der Waals surface area (Å²) in [6.07, 6.45) is 35.7. The fraction of sp³-hybridized carbons (Fsp3) is 0.867. The lowest BCUT2D eigenvalue weighted by molar-refractivity contribution is 0.202. The molecule has 1 aliphatic rings. The van der Waals surface area contributed by atoms with Gasteiger partial charge in [0.05, 0.1) is 0 Å². The molecule has 4 atom stereocenters. The van der Waals surface area contributed by atoms with Crippen molar-refractivity contribution in [3.05, 3.63) is 24.3 Å². The van der Waals surface area contributed by atoms with E-state index in [2.05, 4.69) is 52.0 Å². The highest BCUT2D eigenvalue weighted by Crippen LogP contribution is 2.42. The van der Waals surface area contributed by atoms with Gasteiger partial charge in [0.2, 0.25) is 0 Å². The molecule has 0 saturated heterocycles. The minimum Gasteiger partial charge on any atom is -0.0882 e. The predicted octanol–water partition coefficient (Wildman–Crippen LogP) is 10.7. The van der Waals surface area contributed by atoms with E-state index in [1.165, 1.54) is 116 Å². The second kappa shape index (κ2) is 19.2. The zero-order chi connectivity index (χ0) is 21.9. The second-order valence-corrected chi connectivity index (χ2v) is 10.0. The molecular weight excluding hydrogens is 360 g/mol. The highest BCUT2D eigenvalue weighted by atomic mass is 14.4. The lowest BCUT2D eigenvalue weighted by Gasteiger charge is -2.39. The van der Waals surface area contributed by atoms with E-state index < -0.39 is 0 Å². The van der Waals surface area contributed by atoms with E-state index in [-0.39, 0.29) is 0 Å². The molecule has 0 saturated carbocycles. The van der Waals surface area contributed by atoms with Crippen LogP contribution >= 0.6 is 0 Å². The first-order valence-electron chi connectivity index (χ1n) is 14.1. The van der Waals surface area contributed by atoms with Gasteiger partial charge >= 0.3 is 0 Å². The van der Waals surface area contributed by atoms with E-state index in [1.54, 1.807) is 0 Å². The van der Waals surface area contributed by atoms with Crippen molar-refractivity contribution in [2.24, 2.45) is 23.7 Å². The van der Waals surface area contributed by atoms with E-state index in [9.17, 15) is 0 Å². The van der Waals surface area contributed by atoms with Crippen LogP contribution in [0.3, 0.4) is 0 Å². The maximum Gasteiger partial charge on any atom is -0.0137 e. The Morgan fingerprint density at radius 2 is 1.10 bits per heavy atom. The van der Waals surface area contributed by atoms with Crippen molar-refractivity contribution in [3.63, 3.8) is 0 Å². The molecule has 0 radical (unpaired) electrons. The topological polar surface area (TPSA) is 0 Å². The zero-order valence-corrected chi connectivity index (χ0v) is 21.3. The molecule has 0 N–H and O–H groups in total. The monoisotopic (exact) mass is 416 g/mol. The average molecular weight is 417 g/mol. The van der Waals surface area contributed by atoms with Crippen molar-refractivity contribution >= 4 is 0 Å². The molecule has 0 aliphatic heterocycles. The van der Waals surface area contributed by atoms with Gasteiger partial charge in [-0.3, -0.25) is 0 Å². The summed E-state index contributed by atoms with van der Waals surface area (Å²) in [6.45, 7) is 9.37. The highest BCUT2D eigenvalue weighted by molar-refractivity contribution is 5.10. The number of unbranched alkanes of at least 4 members (excludes halogenated alkanes) is 12. The largest absolute Gasteiger partial charge is 0.0882 e. The van der Waals surface area contributed by atoms with Crippen LogP contribution in [0.1, 0.15) is 143 Å². The average Bonchev–Trinajstić information content (AvgIpc) is 2.76. The summed E-state index contributed by atoms with van der Waals surface area (Å²) in [4.78, 5) is 0. The summed E-state index contributed by atoms with van der Waals surface area (Å²) in [5.74, 6) is 3.28. The number of hydrogen-bond acceptors (Lipinski definition) is 0. The van der Waals surface area contributed by atoms with Crippen molar-refractivity contribution in [1.82, 2.24) is 0 Å².